The van der Waals surface area contributed by atoms with Crippen LogP contribution in [-0.4, -0.2) is 32.3 Å². The number of esters is 1. The highest BCUT2D eigenvalue weighted by Gasteiger charge is 2.43. The predicted molar refractivity (Wildman–Crippen MR) is 131 cm³/mol. The van der Waals surface area contributed by atoms with Crippen LogP contribution < -0.4 is 0 Å². The molecule has 0 amide bonds. The Morgan fingerprint density at radius 2 is 1.81 bits per heavy atom. The zero-order chi connectivity index (χ0) is 24.3. The Labute approximate surface area is 192 Å². The van der Waals surface area contributed by atoms with Crippen LogP contribution in [0.15, 0.2) is 23.8 Å². The van der Waals surface area contributed by atoms with E-state index < -0.39 is 8.32 Å². The van der Waals surface area contributed by atoms with Gasteiger partial charge in [-0.2, -0.15) is 0 Å². The lowest BCUT2D eigenvalue weighted by molar-refractivity contribution is -0.188. The van der Waals surface area contributed by atoms with Gasteiger partial charge >= 0.3 is 5.97 Å². The molecular weight excluding hydrogens is 404 g/mol. The van der Waals surface area contributed by atoms with E-state index in [1.54, 1.807) is 0 Å². The van der Waals surface area contributed by atoms with Gasteiger partial charge in [-0.3, -0.25) is 9.59 Å². The molecule has 4 nitrogen and oxygen atoms in total. The third kappa shape index (κ3) is 6.89. The van der Waals surface area contributed by atoms with Crippen molar-refractivity contribution in [3.63, 3.8) is 0 Å². The summed E-state index contributed by atoms with van der Waals surface area (Å²) in [6, 6.07) is 0. The SMILES string of the molecule is C=C(CC)[C@@H](O[Si](C)(C)C(C)(C)C)[C@H](C)C(=O)[C@H](C)/C=C(\C)C[C@H](C)[C@H]1OC(=O)[C@@H]1C. The maximum atomic E-state index is 13.3. The summed E-state index contributed by atoms with van der Waals surface area (Å²) in [5.74, 6) is -0.147. The van der Waals surface area contributed by atoms with Crippen LogP contribution in [-0.2, 0) is 18.8 Å². The molecule has 31 heavy (non-hydrogen) atoms. The van der Waals surface area contributed by atoms with Crippen LogP contribution in [0.1, 0.15) is 75.2 Å². The molecule has 0 unspecified atom stereocenters. The molecule has 0 saturated carbocycles. The number of Topliss-reactive ketones (excluding diaryl/α,β-unsaturated/α-hetero) is 1. The van der Waals surface area contributed by atoms with Gasteiger partial charge in [0.2, 0.25) is 0 Å². The zero-order valence-corrected chi connectivity index (χ0v) is 22.8. The summed E-state index contributed by atoms with van der Waals surface area (Å²) < 4.78 is 12.0. The molecule has 1 rings (SSSR count). The van der Waals surface area contributed by atoms with Gasteiger partial charge < -0.3 is 9.16 Å². The van der Waals surface area contributed by atoms with Crippen molar-refractivity contribution in [3.05, 3.63) is 23.8 Å². The van der Waals surface area contributed by atoms with Crippen molar-refractivity contribution in [2.24, 2.45) is 23.7 Å². The van der Waals surface area contributed by atoms with E-state index in [1.165, 1.54) is 0 Å². The van der Waals surface area contributed by atoms with E-state index in [0.717, 1.165) is 24.0 Å². The molecule has 1 heterocycles. The molecule has 6 atom stereocenters. The fourth-order valence-electron chi connectivity index (χ4n) is 4.01. The molecule has 1 saturated heterocycles. The predicted octanol–water partition coefficient (Wildman–Crippen LogP) is 6.72. The minimum absolute atomic E-state index is 0.0176. The molecular formula is C26H46O4Si. The van der Waals surface area contributed by atoms with E-state index in [0.29, 0.717) is 0 Å². The Morgan fingerprint density at radius 1 is 1.26 bits per heavy atom. The lowest BCUT2D eigenvalue weighted by atomic mass is 9.83. The summed E-state index contributed by atoms with van der Waals surface area (Å²) >= 11 is 0. The molecule has 0 aromatic carbocycles. The topological polar surface area (TPSA) is 52.6 Å². The third-order valence-corrected chi connectivity index (χ3v) is 11.7. The first-order chi connectivity index (χ1) is 14.0. The van der Waals surface area contributed by atoms with Crippen molar-refractivity contribution in [2.75, 3.05) is 0 Å². The van der Waals surface area contributed by atoms with Gasteiger partial charge in [0.1, 0.15) is 11.9 Å². The van der Waals surface area contributed by atoms with Gasteiger partial charge in [0, 0.05) is 11.8 Å². The van der Waals surface area contributed by atoms with Crippen molar-refractivity contribution >= 4 is 20.1 Å². The minimum Gasteiger partial charge on any atom is -0.461 e. The van der Waals surface area contributed by atoms with Crippen LogP contribution >= 0.6 is 0 Å². The van der Waals surface area contributed by atoms with Crippen molar-refractivity contribution in [1.29, 1.82) is 0 Å². The molecule has 0 aromatic heterocycles. The molecule has 1 aliphatic heterocycles. The van der Waals surface area contributed by atoms with Crippen molar-refractivity contribution in [3.8, 4) is 0 Å². The summed E-state index contributed by atoms with van der Waals surface area (Å²) in [4.78, 5) is 24.7. The van der Waals surface area contributed by atoms with Gasteiger partial charge in [0.25, 0.3) is 0 Å². The van der Waals surface area contributed by atoms with Crippen LogP contribution in [0.25, 0.3) is 0 Å². The molecule has 0 aliphatic carbocycles. The molecule has 0 bridgehead atoms. The number of rotatable bonds is 11. The highest BCUT2D eigenvalue weighted by atomic mass is 28.4. The molecule has 0 radical (unpaired) electrons. The molecule has 0 N–H and O–H groups in total. The molecule has 1 aliphatic rings. The second kappa shape index (κ2) is 10.6. The summed E-state index contributed by atoms with van der Waals surface area (Å²) in [5.41, 5.74) is 2.15. The van der Waals surface area contributed by atoms with Crippen LogP contribution in [0.5, 0.6) is 0 Å². The third-order valence-electron chi connectivity index (χ3n) is 7.29. The Bertz CT molecular complexity index is 701. The smallest absolute Gasteiger partial charge is 0.312 e. The average Bonchev–Trinajstić information content (AvgIpc) is 2.66. The second-order valence-corrected chi connectivity index (χ2v) is 15.9. The number of cyclic esters (lactones) is 1. The number of ketones is 1. The van der Waals surface area contributed by atoms with Crippen molar-refractivity contribution in [1.82, 2.24) is 0 Å². The normalized spacial score (nSPS) is 24.0. The van der Waals surface area contributed by atoms with Crippen LogP contribution in [0.3, 0.4) is 0 Å². The number of ether oxygens (including phenoxy) is 1. The minimum atomic E-state index is -2.04. The van der Waals surface area contributed by atoms with Crippen molar-refractivity contribution in [2.45, 2.75) is 105 Å². The fourth-order valence-corrected chi connectivity index (χ4v) is 5.37. The monoisotopic (exact) mass is 450 g/mol. The average molecular weight is 451 g/mol. The first kappa shape index (κ1) is 27.8. The van der Waals surface area contributed by atoms with E-state index in [1.807, 2.05) is 20.8 Å². The van der Waals surface area contributed by atoms with Crippen LogP contribution in [0, 0.1) is 23.7 Å². The van der Waals surface area contributed by atoms with E-state index >= 15 is 0 Å². The fraction of sp³-hybridized carbons (Fsp3) is 0.769. The molecule has 0 aromatic rings. The summed E-state index contributed by atoms with van der Waals surface area (Å²) in [6.45, 7) is 27.5. The zero-order valence-electron chi connectivity index (χ0n) is 21.8. The van der Waals surface area contributed by atoms with Gasteiger partial charge in [-0.25, -0.2) is 0 Å². The highest BCUT2D eigenvalue weighted by Crippen LogP contribution is 2.39. The number of carbonyl (C=O) groups is 2. The molecule has 5 heteroatoms. The van der Waals surface area contributed by atoms with Gasteiger partial charge in [-0.05, 0) is 56.3 Å². The van der Waals surface area contributed by atoms with E-state index in [9.17, 15) is 9.59 Å². The Hall–Kier alpha value is -1.20. The van der Waals surface area contributed by atoms with Gasteiger partial charge in [0.15, 0.2) is 8.32 Å². The number of allylic oxidation sites excluding steroid dienone is 2. The Morgan fingerprint density at radius 3 is 2.23 bits per heavy atom. The summed E-state index contributed by atoms with van der Waals surface area (Å²) in [7, 11) is -2.04. The lowest BCUT2D eigenvalue weighted by Gasteiger charge is -2.41. The van der Waals surface area contributed by atoms with Crippen molar-refractivity contribution < 1.29 is 18.8 Å². The number of hydrogen-bond acceptors (Lipinski definition) is 4. The number of hydrogen-bond donors (Lipinski definition) is 0. The molecule has 0 spiro atoms. The highest BCUT2D eigenvalue weighted by molar-refractivity contribution is 6.74. The maximum absolute atomic E-state index is 13.3. The molecule has 1 fully saturated rings. The number of carbonyl (C=O) groups excluding carboxylic acids is 2. The Kier molecular flexibility index (Phi) is 9.52. The van der Waals surface area contributed by atoms with Crippen LogP contribution in [0.4, 0.5) is 0 Å². The summed E-state index contributed by atoms with van der Waals surface area (Å²) in [6.07, 6.45) is 3.42. The first-order valence-electron chi connectivity index (χ1n) is 11.8. The molecule has 178 valence electrons. The largest absolute Gasteiger partial charge is 0.461 e. The quantitative estimate of drug-likeness (QED) is 0.199. The van der Waals surface area contributed by atoms with E-state index in [4.69, 9.17) is 9.16 Å². The van der Waals surface area contributed by atoms with Gasteiger partial charge in [-0.1, -0.05) is 66.7 Å². The second-order valence-electron chi connectivity index (χ2n) is 11.2. The standard InChI is InChI=1S/C26H46O4Si/c1-13-17(3)24(30-31(11,12)26(8,9)10)20(6)22(27)18(4)14-16(2)15-19(5)23-21(7)25(28)29-23/h14,18-21,23-24H,3,13,15H2,1-2,4-12H3/b16-14+/t18-,19+,20-,21-,23-,24-/m1/s1. The van der Waals surface area contributed by atoms with Gasteiger partial charge in [0.05, 0.1) is 12.0 Å². The Balaban J connectivity index is 2.89. The van der Waals surface area contributed by atoms with E-state index in [-0.39, 0.29) is 52.7 Å². The first-order valence-corrected chi connectivity index (χ1v) is 14.7. The maximum Gasteiger partial charge on any atom is 0.312 e. The van der Waals surface area contributed by atoms with Gasteiger partial charge in [-0.15, -0.1) is 0 Å². The van der Waals surface area contributed by atoms with Crippen LogP contribution in [0.2, 0.25) is 18.1 Å². The lowest BCUT2D eigenvalue weighted by Crippen LogP contribution is -2.47. The van der Waals surface area contributed by atoms with E-state index in [2.05, 4.69) is 67.3 Å². The summed E-state index contributed by atoms with van der Waals surface area (Å²) in [5, 5.41) is 0.0718.